The smallest absolute Gasteiger partial charge is 0.260 e. The van der Waals surface area contributed by atoms with E-state index in [1.54, 1.807) is 43.0 Å². The topological polar surface area (TPSA) is 38.3 Å². The fourth-order valence-corrected chi connectivity index (χ4v) is 2.87. The Morgan fingerprint density at radius 3 is 2.57 bits per heavy atom. The second-order valence-electron chi connectivity index (χ2n) is 5.04. The number of carbonyl (C=O) groups excluding carboxylic acids is 1. The minimum absolute atomic E-state index is 0.111. The molecule has 0 aromatic heterocycles. The van der Waals surface area contributed by atoms with Gasteiger partial charge in [0.25, 0.3) is 5.91 Å². The van der Waals surface area contributed by atoms with Crippen molar-refractivity contribution >= 4 is 29.3 Å². The van der Waals surface area contributed by atoms with Crippen molar-refractivity contribution in [3.05, 3.63) is 65.2 Å². The standard InChI is InChI=1S/C18H20ClNO2S/c1-14(22-17-9-7-16(19)8-10-17)18(21)20-11-12-23-13-15-5-3-2-4-6-15/h2-10,14H,11-13H2,1H3,(H,20,21)/t14-/m1/s1. The normalized spacial score (nSPS) is 11.7. The zero-order valence-corrected chi connectivity index (χ0v) is 14.6. The van der Waals surface area contributed by atoms with Crippen LogP contribution >= 0.6 is 23.4 Å². The molecule has 0 fully saturated rings. The highest BCUT2D eigenvalue weighted by molar-refractivity contribution is 7.98. The Balaban J connectivity index is 1.63. The molecule has 1 N–H and O–H groups in total. The van der Waals surface area contributed by atoms with E-state index in [4.69, 9.17) is 16.3 Å². The molecule has 2 aromatic rings. The number of amides is 1. The van der Waals surface area contributed by atoms with Gasteiger partial charge in [-0.05, 0) is 36.8 Å². The van der Waals surface area contributed by atoms with Gasteiger partial charge in [0.1, 0.15) is 5.75 Å². The lowest BCUT2D eigenvalue weighted by Crippen LogP contribution is -2.37. The maximum Gasteiger partial charge on any atom is 0.260 e. The molecule has 0 bridgehead atoms. The Morgan fingerprint density at radius 2 is 1.87 bits per heavy atom. The van der Waals surface area contributed by atoms with Crippen molar-refractivity contribution < 1.29 is 9.53 Å². The van der Waals surface area contributed by atoms with Crippen LogP contribution in [-0.2, 0) is 10.5 Å². The average Bonchev–Trinajstić information content (AvgIpc) is 2.57. The van der Waals surface area contributed by atoms with Crippen molar-refractivity contribution in [3.8, 4) is 5.75 Å². The Bertz CT molecular complexity index is 604. The van der Waals surface area contributed by atoms with Crippen LogP contribution in [0.25, 0.3) is 0 Å². The van der Waals surface area contributed by atoms with E-state index in [0.717, 1.165) is 11.5 Å². The van der Waals surface area contributed by atoms with Gasteiger partial charge in [-0.3, -0.25) is 4.79 Å². The first-order valence-electron chi connectivity index (χ1n) is 7.47. The maximum absolute atomic E-state index is 12.0. The molecular formula is C18H20ClNO2S. The van der Waals surface area contributed by atoms with Gasteiger partial charge in [0, 0.05) is 23.1 Å². The molecule has 1 atom stereocenters. The third kappa shape index (κ3) is 6.55. The van der Waals surface area contributed by atoms with Crippen LogP contribution in [0.1, 0.15) is 12.5 Å². The highest BCUT2D eigenvalue weighted by atomic mass is 35.5. The minimum Gasteiger partial charge on any atom is -0.481 e. The zero-order chi connectivity index (χ0) is 16.5. The van der Waals surface area contributed by atoms with Gasteiger partial charge in [0.2, 0.25) is 0 Å². The van der Waals surface area contributed by atoms with Crippen LogP contribution in [0.2, 0.25) is 5.02 Å². The quantitative estimate of drug-likeness (QED) is 0.727. The SMILES string of the molecule is C[C@@H](Oc1ccc(Cl)cc1)C(=O)NCCSCc1ccccc1. The Hall–Kier alpha value is -1.65. The van der Waals surface area contributed by atoms with Crippen LogP contribution in [0.4, 0.5) is 0 Å². The lowest BCUT2D eigenvalue weighted by molar-refractivity contribution is -0.127. The van der Waals surface area contributed by atoms with Gasteiger partial charge >= 0.3 is 0 Å². The Morgan fingerprint density at radius 1 is 1.17 bits per heavy atom. The van der Waals surface area contributed by atoms with Crippen molar-refractivity contribution in [2.45, 2.75) is 18.8 Å². The highest BCUT2D eigenvalue weighted by Crippen LogP contribution is 2.16. The van der Waals surface area contributed by atoms with Gasteiger partial charge in [0.05, 0.1) is 0 Å². The summed E-state index contributed by atoms with van der Waals surface area (Å²) < 4.78 is 5.58. The number of hydrogen-bond donors (Lipinski definition) is 1. The fourth-order valence-electron chi connectivity index (χ4n) is 1.93. The first-order valence-corrected chi connectivity index (χ1v) is 9.00. The maximum atomic E-state index is 12.0. The Labute approximate surface area is 146 Å². The van der Waals surface area contributed by atoms with Crippen molar-refractivity contribution in [1.82, 2.24) is 5.32 Å². The van der Waals surface area contributed by atoms with E-state index in [1.165, 1.54) is 5.56 Å². The largest absolute Gasteiger partial charge is 0.481 e. The molecule has 0 spiro atoms. The molecule has 0 unspecified atom stereocenters. The van der Waals surface area contributed by atoms with Gasteiger partial charge in [-0.1, -0.05) is 41.9 Å². The van der Waals surface area contributed by atoms with E-state index in [-0.39, 0.29) is 5.91 Å². The summed E-state index contributed by atoms with van der Waals surface area (Å²) in [6.45, 7) is 2.37. The van der Waals surface area contributed by atoms with Gasteiger partial charge in [0.15, 0.2) is 6.10 Å². The molecular weight excluding hydrogens is 330 g/mol. The molecule has 0 saturated heterocycles. The third-order valence-electron chi connectivity index (χ3n) is 3.15. The monoisotopic (exact) mass is 349 g/mol. The lowest BCUT2D eigenvalue weighted by atomic mass is 10.2. The van der Waals surface area contributed by atoms with Gasteiger partial charge in [-0.2, -0.15) is 11.8 Å². The predicted molar refractivity (Wildman–Crippen MR) is 97.2 cm³/mol. The van der Waals surface area contributed by atoms with E-state index in [1.807, 2.05) is 18.2 Å². The molecule has 0 aliphatic carbocycles. The first kappa shape index (κ1) is 17.7. The van der Waals surface area contributed by atoms with Gasteiger partial charge in [-0.15, -0.1) is 0 Å². The molecule has 122 valence electrons. The van der Waals surface area contributed by atoms with Crippen LogP contribution in [0, 0.1) is 0 Å². The summed E-state index contributed by atoms with van der Waals surface area (Å²) in [5.74, 6) is 2.35. The van der Waals surface area contributed by atoms with Crippen molar-refractivity contribution in [1.29, 1.82) is 0 Å². The summed E-state index contributed by atoms with van der Waals surface area (Å²) in [6.07, 6.45) is -0.532. The molecule has 0 radical (unpaired) electrons. The molecule has 0 heterocycles. The van der Waals surface area contributed by atoms with Crippen LogP contribution in [0.3, 0.4) is 0 Å². The van der Waals surface area contributed by atoms with E-state index >= 15 is 0 Å². The summed E-state index contributed by atoms with van der Waals surface area (Å²) in [6, 6.07) is 17.3. The molecule has 1 amide bonds. The van der Waals surface area contributed by atoms with Gasteiger partial charge < -0.3 is 10.1 Å². The van der Waals surface area contributed by atoms with Crippen molar-refractivity contribution in [3.63, 3.8) is 0 Å². The second-order valence-corrected chi connectivity index (χ2v) is 6.58. The molecule has 2 rings (SSSR count). The Kier molecular flexibility index (Phi) is 7.30. The van der Waals surface area contributed by atoms with E-state index in [2.05, 4.69) is 17.4 Å². The molecule has 0 aliphatic heterocycles. The molecule has 0 saturated carbocycles. The summed E-state index contributed by atoms with van der Waals surface area (Å²) in [7, 11) is 0. The summed E-state index contributed by atoms with van der Waals surface area (Å²) in [5.41, 5.74) is 1.29. The number of rotatable bonds is 8. The molecule has 5 heteroatoms. The van der Waals surface area contributed by atoms with Crippen LogP contribution in [-0.4, -0.2) is 24.3 Å². The van der Waals surface area contributed by atoms with Crippen molar-refractivity contribution in [2.75, 3.05) is 12.3 Å². The van der Waals surface area contributed by atoms with Crippen LogP contribution in [0.15, 0.2) is 54.6 Å². The molecule has 2 aromatic carbocycles. The van der Waals surface area contributed by atoms with Crippen LogP contribution in [0.5, 0.6) is 5.75 Å². The number of thioether (sulfide) groups is 1. The zero-order valence-electron chi connectivity index (χ0n) is 13.0. The average molecular weight is 350 g/mol. The molecule has 3 nitrogen and oxygen atoms in total. The fraction of sp³-hybridized carbons (Fsp3) is 0.278. The molecule has 0 aliphatic rings. The van der Waals surface area contributed by atoms with E-state index < -0.39 is 6.10 Å². The number of benzene rings is 2. The van der Waals surface area contributed by atoms with Crippen LogP contribution < -0.4 is 10.1 Å². The summed E-state index contributed by atoms with van der Waals surface area (Å²) >= 11 is 7.61. The number of carbonyl (C=O) groups is 1. The number of hydrogen-bond acceptors (Lipinski definition) is 3. The van der Waals surface area contributed by atoms with Gasteiger partial charge in [-0.25, -0.2) is 0 Å². The number of halogens is 1. The number of nitrogens with one attached hydrogen (secondary N) is 1. The highest BCUT2D eigenvalue weighted by Gasteiger charge is 2.13. The first-order chi connectivity index (χ1) is 11.1. The summed E-state index contributed by atoms with van der Waals surface area (Å²) in [4.78, 5) is 12.0. The minimum atomic E-state index is -0.532. The van der Waals surface area contributed by atoms with E-state index in [0.29, 0.717) is 17.3 Å². The molecule has 23 heavy (non-hydrogen) atoms. The predicted octanol–water partition coefficient (Wildman–Crippen LogP) is 4.16. The third-order valence-corrected chi connectivity index (χ3v) is 4.44. The van der Waals surface area contributed by atoms with E-state index in [9.17, 15) is 4.79 Å². The second kappa shape index (κ2) is 9.48. The lowest BCUT2D eigenvalue weighted by Gasteiger charge is -2.14. The summed E-state index contributed by atoms with van der Waals surface area (Å²) in [5, 5.41) is 3.53. The van der Waals surface area contributed by atoms with Crippen molar-refractivity contribution in [2.24, 2.45) is 0 Å². The number of ether oxygens (including phenoxy) is 1.